The first-order valence-corrected chi connectivity index (χ1v) is 8.45. The van der Waals surface area contributed by atoms with Gasteiger partial charge in [0.15, 0.2) is 0 Å². The minimum atomic E-state index is 0.845. The number of hydrogen-bond acceptors (Lipinski definition) is 4. The van der Waals surface area contributed by atoms with Gasteiger partial charge in [0.25, 0.3) is 0 Å². The van der Waals surface area contributed by atoms with Gasteiger partial charge in [0.1, 0.15) is 0 Å². The molecule has 1 aliphatic rings. The van der Waals surface area contributed by atoms with E-state index in [4.69, 9.17) is 0 Å². The van der Waals surface area contributed by atoms with Crippen LogP contribution >= 0.6 is 11.3 Å². The van der Waals surface area contributed by atoms with Crippen molar-refractivity contribution < 1.29 is 0 Å². The summed E-state index contributed by atoms with van der Waals surface area (Å²) in [5.74, 6) is 0. The van der Waals surface area contributed by atoms with E-state index in [2.05, 4.69) is 29.2 Å². The summed E-state index contributed by atoms with van der Waals surface area (Å²) in [4.78, 5) is 8.22. The van der Waals surface area contributed by atoms with Crippen molar-refractivity contribution in [1.82, 2.24) is 15.2 Å². The van der Waals surface area contributed by atoms with Crippen molar-refractivity contribution in [3.63, 3.8) is 0 Å². The second-order valence-corrected chi connectivity index (χ2v) is 6.60. The molecule has 108 valence electrons. The van der Waals surface area contributed by atoms with E-state index in [1.807, 2.05) is 5.51 Å². The van der Waals surface area contributed by atoms with Gasteiger partial charge < -0.3 is 10.2 Å². The van der Waals surface area contributed by atoms with Gasteiger partial charge in [0, 0.05) is 17.5 Å². The molecule has 0 atom stereocenters. The highest BCUT2D eigenvalue weighted by molar-refractivity contribution is 7.09. The average Bonchev–Trinajstić information content (AvgIpc) is 2.85. The molecule has 1 N–H and O–H groups in total. The minimum absolute atomic E-state index is 0.845. The maximum absolute atomic E-state index is 4.28. The van der Waals surface area contributed by atoms with Crippen LogP contribution < -0.4 is 5.32 Å². The summed E-state index contributed by atoms with van der Waals surface area (Å²) in [6, 6.07) is 0.845. The van der Waals surface area contributed by atoms with Crippen molar-refractivity contribution in [3.05, 3.63) is 16.1 Å². The normalized spacial score (nSPS) is 17.2. The molecule has 4 heteroatoms. The second kappa shape index (κ2) is 7.98. The van der Waals surface area contributed by atoms with Gasteiger partial charge in [-0.1, -0.05) is 19.3 Å². The third-order valence-corrected chi connectivity index (χ3v) is 5.13. The van der Waals surface area contributed by atoms with E-state index in [0.717, 1.165) is 19.1 Å². The lowest BCUT2D eigenvalue weighted by molar-refractivity contribution is 0.189. The lowest BCUT2D eigenvalue weighted by atomic mass is 9.94. The van der Waals surface area contributed by atoms with Crippen molar-refractivity contribution in [3.8, 4) is 0 Å². The molecule has 0 radical (unpaired) electrons. The molecular weight excluding hydrogens is 254 g/mol. The van der Waals surface area contributed by atoms with E-state index in [0.29, 0.717) is 0 Å². The van der Waals surface area contributed by atoms with Crippen LogP contribution in [-0.4, -0.2) is 36.1 Å². The van der Waals surface area contributed by atoms with Crippen molar-refractivity contribution >= 4 is 11.3 Å². The number of rotatable bonds is 7. The van der Waals surface area contributed by atoms with Crippen LogP contribution in [0.1, 0.15) is 49.1 Å². The second-order valence-electron chi connectivity index (χ2n) is 5.66. The monoisotopic (exact) mass is 281 g/mol. The van der Waals surface area contributed by atoms with Crippen molar-refractivity contribution in [1.29, 1.82) is 0 Å². The van der Waals surface area contributed by atoms with E-state index in [9.17, 15) is 0 Å². The summed E-state index contributed by atoms with van der Waals surface area (Å²) in [5, 5.41) is 3.53. The molecule has 19 heavy (non-hydrogen) atoms. The van der Waals surface area contributed by atoms with Crippen LogP contribution in [-0.2, 0) is 6.54 Å². The van der Waals surface area contributed by atoms with Crippen LogP contribution in [0.3, 0.4) is 0 Å². The molecule has 0 unspecified atom stereocenters. The molecule has 0 spiro atoms. The molecule has 0 bridgehead atoms. The first-order chi connectivity index (χ1) is 9.27. The molecular formula is C15H27N3S. The molecule has 2 rings (SSSR count). The Morgan fingerprint density at radius 2 is 2.16 bits per heavy atom. The van der Waals surface area contributed by atoms with Crippen LogP contribution in [0.5, 0.6) is 0 Å². The third kappa shape index (κ3) is 4.86. The highest BCUT2D eigenvalue weighted by Gasteiger charge is 2.17. The maximum atomic E-state index is 4.28. The summed E-state index contributed by atoms with van der Waals surface area (Å²) >= 11 is 1.75. The lowest BCUT2D eigenvalue weighted by Crippen LogP contribution is -2.35. The number of nitrogens with zero attached hydrogens (tertiary/aromatic N) is 2. The third-order valence-electron chi connectivity index (χ3n) is 4.19. The SMILES string of the molecule is Cc1ncsc1CNCCCN(C)C1CCCCC1. The van der Waals surface area contributed by atoms with Gasteiger partial charge in [-0.05, 0) is 46.3 Å². The Kier molecular flexibility index (Phi) is 6.28. The van der Waals surface area contributed by atoms with Crippen molar-refractivity contribution in [2.75, 3.05) is 20.1 Å². The van der Waals surface area contributed by atoms with Gasteiger partial charge in [-0.2, -0.15) is 0 Å². The standard InChI is InChI=1S/C15H27N3S/c1-13-15(19-12-17-13)11-16-9-6-10-18(2)14-7-4-3-5-8-14/h12,14,16H,3-11H2,1-2H3. The Balaban J connectivity index is 1.55. The number of thiazole rings is 1. The highest BCUT2D eigenvalue weighted by atomic mass is 32.1. The maximum Gasteiger partial charge on any atom is 0.0798 e. The lowest BCUT2D eigenvalue weighted by Gasteiger charge is -2.31. The largest absolute Gasteiger partial charge is 0.312 e. The fourth-order valence-electron chi connectivity index (χ4n) is 2.86. The quantitative estimate of drug-likeness (QED) is 0.778. The molecule has 1 saturated carbocycles. The zero-order valence-corrected chi connectivity index (χ0v) is 13.1. The molecule has 1 heterocycles. The molecule has 1 fully saturated rings. The van der Waals surface area contributed by atoms with Crippen LogP contribution in [0.25, 0.3) is 0 Å². The number of aromatic nitrogens is 1. The number of hydrogen-bond donors (Lipinski definition) is 1. The zero-order valence-electron chi connectivity index (χ0n) is 12.3. The molecule has 0 saturated heterocycles. The van der Waals surface area contributed by atoms with Gasteiger partial charge >= 0.3 is 0 Å². The molecule has 1 aromatic heterocycles. The molecule has 0 aliphatic heterocycles. The van der Waals surface area contributed by atoms with E-state index in [1.54, 1.807) is 11.3 Å². The highest BCUT2D eigenvalue weighted by Crippen LogP contribution is 2.21. The van der Waals surface area contributed by atoms with Crippen molar-refractivity contribution in [2.24, 2.45) is 0 Å². The Bertz CT molecular complexity index is 358. The summed E-state index contributed by atoms with van der Waals surface area (Å²) < 4.78 is 0. The van der Waals surface area contributed by atoms with E-state index >= 15 is 0 Å². The van der Waals surface area contributed by atoms with Crippen LogP contribution in [0.4, 0.5) is 0 Å². The van der Waals surface area contributed by atoms with Crippen LogP contribution in [0.15, 0.2) is 5.51 Å². The summed E-state index contributed by atoms with van der Waals surface area (Å²) in [6.07, 6.45) is 8.36. The first kappa shape index (κ1) is 14.9. The Morgan fingerprint density at radius 3 is 2.84 bits per heavy atom. The molecule has 0 aromatic carbocycles. The zero-order chi connectivity index (χ0) is 13.5. The van der Waals surface area contributed by atoms with E-state index < -0.39 is 0 Å². The van der Waals surface area contributed by atoms with E-state index in [1.165, 1.54) is 55.6 Å². The van der Waals surface area contributed by atoms with Crippen molar-refractivity contribution in [2.45, 2.75) is 58.0 Å². The Labute approximate surface area is 121 Å². The van der Waals surface area contributed by atoms with E-state index in [-0.39, 0.29) is 0 Å². The topological polar surface area (TPSA) is 28.2 Å². The van der Waals surface area contributed by atoms with Gasteiger partial charge in [-0.15, -0.1) is 11.3 Å². The molecule has 1 aromatic rings. The Hall–Kier alpha value is -0.450. The average molecular weight is 281 g/mol. The first-order valence-electron chi connectivity index (χ1n) is 7.57. The number of nitrogens with one attached hydrogen (secondary N) is 1. The number of aryl methyl sites for hydroxylation is 1. The van der Waals surface area contributed by atoms with Gasteiger partial charge in [-0.25, -0.2) is 4.98 Å². The molecule has 3 nitrogen and oxygen atoms in total. The smallest absolute Gasteiger partial charge is 0.0798 e. The molecule has 0 amide bonds. The molecule has 1 aliphatic carbocycles. The predicted molar refractivity (Wildman–Crippen MR) is 82.7 cm³/mol. The summed E-state index contributed by atoms with van der Waals surface area (Å²) in [6.45, 7) is 5.39. The fraction of sp³-hybridized carbons (Fsp3) is 0.800. The Morgan fingerprint density at radius 1 is 1.37 bits per heavy atom. The van der Waals surface area contributed by atoms with Crippen LogP contribution in [0.2, 0.25) is 0 Å². The van der Waals surface area contributed by atoms with Crippen LogP contribution in [0, 0.1) is 6.92 Å². The van der Waals surface area contributed by atoms with Gasteiger partial charge in [0.2, 0.25) is 0 Å². The van der Waals surface area contributed by atoms with Gasteiger partial charge in [0.05, 0.1) is 11.2 Å². The van der Waals surface area contributed by atoms with Gasteiger partial charge in [-0.3, -0.25) is 0 Å². The minimum Gasteiger partial charge on any atom is -0.312 e. The summed E-state index contributed by atoms with van der Waals surface area (Å²) in [7, 11) is 2.29. The predicted octanol–water partition coefficient (Wildman–Crippen LogP) is 3.20. The summed E-state index contributed by atoms with van der Waals surface area (Å²) in [5.41, 5.74) is 3.11. The fourth-order valence-corrected chi connectivity index (χ4v) is 3.60.